The van der Waals surface area contributed by atoms with Gasteiger partial charge in [-0.25, -0.2) is 9.78 Å². The largest absolute Gasteiger partial charge is 0.478 e. The van der Waals surface area contributed by atoms with Gasteiger partial charge in [-0.1, -0.05) is 0 Å². The van der Waals surface area contributed by atoms with E-state index in [1.165, 1.54) is 0 Å². The van der Waals surface area contributed by atoms with E-state index < -0.39 is 5.97 Å². The molecule has 1 fully saturated rings. The molecular weight excluding hydrogens is 238 g/mol. The van der Waals surface area contributed by atoms with E-state index in [1.807, 2.05) is 0 Å². The van der Waals surface area contributed by atoms with Crippen LogP contribution in [0.1, 0.15) is 28.8 Å². The van der Waals surface area contributed by atoms with Gasteiger partial charge < -0.3 is 9.84 Å². The Morgan fingerprint density at radius 1 is 1.53 bits per heavy atom. The number of ether oxygens (including phenoxy) is 1. The van der Waals surface area contributed by atoms with Gasteiger partial charge in [0.05, 0.1) is 5.56 Å². The second-order valence-corrected chi connectivity index (χ2v) is 5.33. The van der Waals surface area contributed by atoms with Gasteiger partial charge >= 0.3 is 5.97 Å². The van der Waals surface area contributed by atoms with Crippen molar-refractivity contribution in [2.45, 2.75) is 30.0 Å². The van der Waals surface area contributed by atoms with Gasteiger partial charge in [-0.15, -0.1) is 11.8 Å². The minimum Gasteiger partial charge on any atom is -0.478 e. The maximum Gasteiger partial charge on any atom is 0.338 e. The number of hydrogen-bond donors (Lipinski definition) is 1. The number of nitrogens with zero attached hydrogens (tertiary/aromatic N) is 1. The van der Waals surface area contributed by atoms with Crippen LogP contribution in [0.5, 0.6) is 0 Å². The van der Waals surface area contributed by atoms with Crippen molar-refractivity contribution in [1.82, 2.24) is 4.98 Å². The summed E-state index contributed by atoms with van der Waals surface area (Å²) in [6.07, 6.45) is 3.59. The van der Waals surface area contributed by atoms with Gasteiger partial charge in [0.25, 0.3) is 0 Å². The summed E-state index contributed by atoms with van der Waals surface area (Å²) >= 11 is 1.56. The summed E-state index contributed by atoms with van der Waals surface area (Å²) in [5.74, 6) is -0.898. The molecule has 1 saturated heterocycles. The fourth-order valence-electron chi connectivity index (χ4n) is 1.83. The molecule has 0 aliphatic carbocycles. The van der Waals surface area contributed by atoms with E-state index in [2.05, 4.69) is 4.98 Å². The molecule has 2 rings (SSSR count). The highest BCUT2D eigenvalue weighted by Crippen LogP contribution is 2.31. The van der Waals surface area contributed by atoms with E-state index in [0.717, 1.165) is 31.6 Å². The number of rotatable bonds is 3. The zero-order valence-electron chi connectivity index (χ0n) is 9.68. The Balaban J connectivity index is 2.19. The Morgan fingerprint density at radius 3 is 2.88 bits per heavy atom. The summed E-state index contributed by atoms with van der Waals surface area (Å²) in [6, 6.07) is 1.73. The highest BCUT2D eigenvalue weighted by Gasteiger charge is 2.20. The zero-order valence-corrected chi connectivity index (χ0v) is 10.5. The smallest absolute Gasteiger partial charge is 0.338 e. The number of aromatic nitrogens is 1. The van der Waals surface area contributed by atoms with Crippen LogP contribution in [-0.2, 0) is 4.74 Å². The second-order valence-electron chi connectivity index (χ2n) is 4.04. The SMILES string of the molecule is Cc1ccnc(SC2CCOCC2)c1C(=O)O. The monoisotopic (exact) mass is 253 g/mol. The zero-order chi connectivity index (χ0) is 12.3. The number of carbonyl (C=O) groups is 1. The first-order valence-corrected chi connectivity index (χ1v) is 6.49. The van der Waals surface area contributed by atoms with Gasteiger partial charge in [0.1, 0.15) is 5.03 Å². The van der Waals surface area contributed by atoms with Crippen LogP contribution in [0.2, 0.25) is 0 Å². The minimum absolute atomic E-state index is 0.337. The lowest BCUT2D eigenvalue weighted by Gasteiger charge is -2.21. The molecule has 2 heterocycles. The molecule has 1 aliphatic heterocycles. The number of aryl methyl sites for hydroxylation is 1. The molecular formula is C12H15NO3S. The van der Waals surface area contributed by atoms with Crippen molar-refractivity contribution >= 4 is 17.7 Å². The van der Waals surface area contributed by atoms with E-state index in [1.54, 1.807) is 30.9 Å². The second kappa shape index (κ2) is 5.51. The topological polar surface area (TPSA) is 59.4 Å². The number of aromatic carboxylic acids is 1. The Bertz CT molecular complexity index is 416. The van der Waals surface area contributed by atoms with Gasteiger partial charge in [0, 0.05) is 24.7 Å². The predicted molar refractivity (Wildman–Crippen MR) is 65.6 cm³/mol. The van der Waals surface area contributed by atoms with E-state index in [4.69, 9.17) is 4.74 Å². The summed E-state index contributed by atoms with van der Waals surface area (Å²) < 4.78 is 5.29. The molecule has 0 aromatic carbocycles. The molecule has 1 aromatic rings. The Kier molecular flexibility index (Phi) is 4.02. The first-order chi connectivity index (χ1) is 8.18. The van der Waals surface area contributed by atoms with Crippen molar-refractivity contribution in [3.63, 3.8) is 0 Å². The van der Waals surface area contributed by atoms with Crippen LogP contribution in [-0.4, -0.2) is 34.5 Å². The number of carboxylic acids is 1. The molecule has 0 spiro atoms. The lowest BCUT2D eigenvalue weighted by Crippen LogP contribution is -2.18. The number of hydrogen-bond acceptors (Lipinski definition) is 4. The van der Waals surface area contributed by atoms with Crippen molar-refractivity contribution in [2.24, 2.45) is 0 Å². The van der Waals surface area contributed by atoms with E-state index >= 15 is 0 Å². The van der Waals surface area contributed by atoms with Crippen molar-refractivity contribution in [2.75, 3.05) is 13.2 Å². The maximum atomic E-state index is 11.2. The standard InChI is InChI=1S/C12H15NO3S/c1-8-2-5-13-11(10(8)12(14)15)17-9-3-6-16-7-4-9/h2,5,9H,3-4,6-7H2,1H3,(H,14,15). The van der Waals surface area contributed by atoms with Crippen LogP contribution < -0.4 is 0 Å². The molecule has 17 heavy (non-hydrogen) atoms. The van der Waals surface area contributed by atoms with E-state index in [9.17, 15) is 9.90 Å². The van der Waals surface area contributed by atoms with Crippen LogP contribution >= 0.6 is 11.8 Å². The van der Waals surface area contributed by atoms with Gasteiger partial charge in [0.2, 0.25) is 0 Å². The summed E-state index contributed by atoms with van der Waals surface area (Å²) in [4.78, 5) is 15.4. The first kappa shape index (κ1) is 12.4. The van der Waals surface area contributed by atoms with Crippen molar-refractivity contribution in [1.29, 1.82) is 0 Å². The lowest BCUT2D eigenvalue weighted by atomic mass is 10.2. The summed E-state index contributed by atoms with van der Waals surface area (Å²) in [6.45, 7) is 3.32. The molecule has 1 aromatic heterocycles. The van der Waals surface area contributed by atoms with Crippen LogP contribution in [0.25, 0.3) is 0 Å². The molecule has 5 heteroatoms. The number of pyridine rings is 1. The molecule has 4 nitrogen and oxygen atoms in total. The number of thioether (sulfide) groups is 1. The highest BCUT2D eigenvalue weighted by molar-refractivity contribution is 7.99. The minimum atomic E-state index is -0.898. The van der Waals surface area contributed by atoms with E-state index in [0.29, 0.717) is 15.8 Å². The third-order valence-electron chi connectivity index (χ3n) is 2.79. The fourth-order valence-corrected chi connectivity index (χ4v) is 3.07. The molecule has 0 amide bonds. The fraction of sp³-hybridized carbons (Fsp3) is 0.500. The predicted octanol–water partition coefficient (Wildman–Crippen LogP) is 2.36. The Labute approximate surface area is 104 Å². The van der Waals surface area contributed by atoms with Crippen molar-refractivity contribution in [3.05, 3.63) is 23.4 Å². The van der Waals surface area contributed by atoms with Gasteiger partial charge in [0.15, 0.2) is 0 Å². The molecule has 0 saturated carbocycles. The lowest BCUT2D eigenvalue weighted by molar-refractivity contribution is 0.0691. The Morgan fingerprint density at radius 2 is 2.24 bits per heavy atom. The number of carboxylic acid groups (broad SMARTS) is 1. The Hall–Kier alpha value is -1.07. The summed E-state index contributed by atoms with van der Waals surface area (Å²) in [7, 11) is 0. The van der Waals surface area contributed by atoms with E-state index in [-0.39, 0.29) is 0 Å². The van der Waals surface area contributed by atoms with Gasteiger partial charge in [-0.05, 0) is 31.4 Å². The average Bonchev–Trinajstić information content (AvgIpc) is 2.30. The van der Waals surface area contributed by atoms with Crippen LogP contribution in [0.3, 0.4) is 0 Å². The molecule has 0 unspecified atom stereocenters. The molecule has 1 aliphatic rings. The normalized spacial score (nSPS) is 17.0. The highest BCUT2D eigenvalue weighted by atomic mass is 32.2. The van der Waals surface area contributed by atoms with Crippen LogP contribution in [0.15, 0.2) is 17.3 Å². The first-order valence-electron chi connectivity index (χ1n) is 5.62. The van der Waals surface area contributed by atoms with Gasteiger partial charge in [-0.3, -0.25) is 0 Å². The summed E-state index contributed by atoms with van der Waals surface area (Å²) in [5.41, 5.74) is 1.10. The maximum absolute atomic E-state index is 11.2. The molecule has 92 valence electrons. The van der Waals surface area contributed by atoms with Crippen LogP contribution in [0, 0.1) is 6.92 Å². The summed E-state index contributed by atoms with van der Waals surface area (Å²) in [5, 5.41) is 10.2. The molecule has 0 radical (unpaired) electrons. The third kappa shape index (κ3) is 2.98. The van der Waals surface area contributed by atoms with Crippen molar-refractivity contribution < 1.29 is 14.6 Å². The third-order valence-corrected chi connectivity index (χ3v) is 4.12. The van der Waals surface area contributed by atoms with Crippen LogP contribution in [0.4, 0.5) is 0 Å². The average molecular weight is 253 g/mol. The molecule has 0 bridgehead atoms. The van der Waals surface area contributed by atoms with Crippen molar-refractivity contribution in [3.8, 4) is 0 Å². The van der Waals surface area contributed by atoms with Gasteiger partial charge in [-0.2, -0.15) is 0 Å². The molecule has 1 N–H and O–H groups in total. The quantitative estimate of drug-likeness (QED) is 0.896. The molecule has 0 atom stereocenters.